The van der Waals surface area contributed by atoms with Gasteiger partial charge in [0.15, 0.2) is 5.16 Å². The largest absolute Gasteiger partial charge is 0.341 e. The van der Waals surface area contributed by atoms with Crippen molar-refractivity contribution in [3.05, 3.63) is 11.6 Å². The van der Waals surface area contributed by atoms with Crippen LogP contribution < -0.4 is 4.90 Å². The number of rotatable bonds is 5. The summed E-state index contributed by atoms with van der Waals surface area (Å²) in [6.45, 7) is 8.26. The number of piperidine rings is 1. The molecule has 0 N–H and O–H groups in total. The number of nitrogens with zero attached hydrogens (tertiary/aromatic N) is 4. The minimum atomic E-state index is 0.588. The molecular formula is C14H21ClN4S. The highest BCUT2D eigenvalue weighted by molar-refractivity contribution is 7.99. The number of hydrogen-bond donors (Lipinski definition) is 0. The predicted octanol–water partition coefficient (Wildman–Crippen LogP) is 3.69. The van der Waals surface area contributed by atoms with E-state index in [0.29, 0.717) is 16.8 Å². The lowest BCUT2D eigenvalue weighted by Crippen LogP contribution is -2.34. The fourth-order valence-corrected chi connectivity index (χ4v) is 3.50. The summed E-state index contributed by atoms with van der Waals surface area (Å²) in [4.78, 5) is 2.39. The van der Waals surface area contributed by atoms with Gasteiger partial charge in [-0.15, -0.1) is 10.2 Å². The van der Waals surface area contributed by atoms with Crippen LogP contribution in [0, 0.1) is 5.92 Å². The maximum atomic E-state index is 5.86. The van der Waals surface area contributed by atoms with Crippen LogP contribution in [0.1, 0.15) is 38.6 Å². The Balaban J connectivity index is 1.78. The molecule has 0 radical (unpaired) electrons. The van der Waals surface area contributed by atoms with E-state index < -0.39 is 0 Å². The lowest BCUT2D eigenvalue weighted by Gasteiger charge is -2.31. The van der Waals surface area contributed by atoms with Crippen LogP contribution in [0.25, 0.3) is 0 Å². The van der Waals surface area contributed by atoms with Gasteiger partial charge in [-0.2, -0.15) is 0 Å². The van der Waals surface area contributed by atoms with Crippen LogP contribution in [0.5, 0.6) is 0 Å². The average molecular weight is 313 g/mol. The Morgan fingerprint density at radius 3 is 2.60 bits per heavy atom. The number of anilines is 1. The van der Waals surface area contributed by atoms with Crippen molar-refractivity contribution in [1.29, 1.82) is 0 Å². The maximum absolute atomic E-state index is 5.86. The van der Waals surface area contributed by atoms with E-state index in [9.17, 15) is 0 Å². The van der Waals surface area contributed by atoms with E-state index in [1.807, 2.05) is 0 Å². The Bertz CT molecular complexity index is 489. The highest BCUT2D eigenvalue weighted by Crippen LogP contribution is 2.41. The van der Waals surface area contributed by atoms with Crippen molar-refractivity contribution >= 4 is 29.3 Å². The molecule has 3 rings (SSSR count). The molecule has 1 aromatic rings. The molecule has 2 aliphatic rings. The molecule has 1 aromatic heterocycles. The van der Waals surface area contributed by atoms with Crippen molar-refractivity contribution in [2.24, 2.45) is 5.92 Å². The van der Waals surface area contributed by atoms with Crippen molar-refractivity contribution in [1.82, 2.24) is 14.8 Å². The third kappa shape index (κ3) is 3.14. The summed E-state index contributed by atoms with van der Waals surface area (Å²) >= 11 is 7.50. The van der Waals surface area contributed by atoms with Crippen molar-refractivity contribution in [3.8, 4) is 0 Å². The Morgan fingerprint density at radius 2 is 2.00 bits per heavy atom. The van der Waals surface area contributed by atoms with Gasteiger partial charge in [-0.05, 0) is 31.6 Å². The van der Waals surface area contributed by atoms with Gasteiger partial charge in [-0.25, -0.2) is 0 Å². The lowest BCUT2D eigenvalue weighted by atomic mass is 10.00. The lowest BCUT2D eigenvalue weighted by molar-refractivity contribution is 0.429. The maximum Gasteiger partial charge on any atom is 0.228 e. The first-order chi connectivity index (χ1) is 9.65. The molecule has 0 amide bonds. The van der Waals surface area contributed by atoms with Gasteiger partial charge in [-0.1, -0.05) is 36.9 Å². The van der Waals surface area contributed by atoms with Gasteiger partial charge in [0.2, 0.25) is 5.95 Å². The molecule has 1 saturated heterocycles. The van der Waals surface area contributed by atoms with E-state index >= 15 is 0 Å². The molecule has 0 aromatic carbocycles. The zero-order valence-corrected chi connectivity index (χ0v) is 13.5. The minimum Gasteiger partial charge on any atom is -0.341 e. The number of thioether (sulfide) groups is 1. The third-order valence-corrected chi connectivity index (χ3v) is 5.30. The molecule has 6 heteroatoms. The fraction of sp³-hybridized carbons (Fsp3) is 0.714. The molecule has 4 nitrogen and oxygen atoms in total. The number of halogens is 1. The Hall–Kier alpha value is -0.680. The summed E-state index contributed by atoms with van der Waals surface area (Å²) in [6.07, 6.45) is 4.98. The molecule has 110 valence electrons. The molecule has 0 bridgehead atoms. The average Bonchev–Trinajstić information content (AvgIpc) is 3.17. The summed E-state index contributed by atoms with van der Waals surface area (Å²) in [6, 6.07) is 0.588. The van der Waals surface area contributed by atoms with Gasteiger partial charge < -0.3 is 4.90 Å². The normalized spacial score (nSPS) is 20.4. The summed E-state index contributed by atoms with van der Waals surface area (Å²) < 4.78 is 2.32. The van der Waals surface area contributed by atoms with Gasteiger partial charge in [-0.3, -0.25) is 4.57 Å². The zero-order valence-electron chi connectivity index (χ0n) is 11.9. The standard InChI is InChI=1S/C14H21ClN4S/c1-10-5-7-18(8-6-10)13-16-17-14(20-9-11(2)15)19(13)12-3-4-12/h10,12H,2-9H2,1H3. The number of hydrogen-bond acceptors (Lipinski definition) is 4. The molecular weight excluding hydrogens is 292 g/mol. The van der Waals surface area contributed by atoms with Gasteiger partial charge in [0.1, 0.15) is 0 Å². The van der Waals surface area contributed by atoms with Crippen LogP contribution >= 0.6 is 23.4 Å². The predicted molar refractivity (Wildman–Crippen MR) is 84.6 cm³/mol. The van der Waals surface area contributed by atoms with Gasteiger partial charge in [0, 0.05) is 29.9 Å². The van der Waals surface area contributed by atoms with Crippen LogP contribution in [0.15, 0.2) is 16.8 Å². The van der Waals surface area contributed by atoms with Crippen LogP contribution in [0.2, 0.25) is 0 Å². The minimum absolute atomic E-state index is 0.588. The number of aromatic nitrogens is 3. The van der Waals surface area contributed by atoms with E-state index in [1.54, 1.807) is 11.8 Å². The summed E-state index contributed by atoms with van der Waals surface area (Å²) in [5.74, 6) is 2.59. The zero-order chi connectivity index (χ0) is 14.1. The van der Waals surface area contributed by atoms with Crippen LogP contribution in [0.4, 0.5) is 5.95 Å². The second-order valence-electron chi connectivity index (χ2n) is 5.86. The van der Waals surface area contributed by atoms with Crippen LogP contribution in [-0.4, -0.2) is 33.6 Å². The van der Waals surface area contributed by atoms with Gasteiger partial charge >= 0.3 is 0 Å². The van der Waals surface area contributed by atoms with Gasteiger partial charge in [0.05, 0.1) is 0 Å². The van der Waals surface area contributed by atoms with Crippen LogP contribution in [0.3, 0.4) is 0 Å². The second-order valence-corrected chi connectivity index (χ2v) is 7.34. The van der Waals surface area contributed by atoms with E-state index in [-0.39, 0.29) is 0 Å². The second kappa shape index (κ2) is 5.98. The molecule has 1 aliphatic carbocycles. The Labute approximate surface area is 129 Å². The van der Waals surface area contributed by atoms with Crippen LogP contribution in [-0.2, 0) is 0 Å². The first kappa shape index (κ1) is 14.3. The fourth-order valence-electron chi connectivity index (χ4n) is 2.59. The molecule has 2 fully saturated rings. The van der Waals surface area contributed by atoms with Crippen molar-refractivity contribution < 1.29 is 0 Å². The molecule has 1 aliphatic heterocycles. The summed E-state index contributed by atoms with van der Waals surface area (Å²) in [5, 5.41) is 10.5. The van der Waals surface area contributed by atoms with E-state index in [1.165, 1.54) is 25.7 Å². The topological polar surface area (TPSA) is 34.0 Å². The Morgan fingerprint density at radius 1 is 1.30 bits per heavy atom. The van der Waals surface area contributed by atoms with Crippen molar-refractivity contribution in [2.45, 2.75) is 43.8 Å². The smallest absolute Gasteiger partial charge is 0.228 e. The molecule has 1 saturated carbocycles. The molecule has 20 heavy (non-hydrogen) atoms. The summed E-state index contributed by atoms with van der Waals surface area (Å²) in [5.41, 5.74) is 0. The quantitative estimate of drug-likeness (QED) is 0.776. The highest BCUT2D eigenvalue weighted by Gasteiger charge is 2.32. The van der Waals surface area contributed by atoms with Gasteiger partial charge in [0.25, 0.3) is 0 Å². The third-order valence-electron chi connectivity index (χ3n) is 3.98. The molecule has 2 heterocycles. The first-order valence-electron chi connectivity index (χ1n) is 7.31. The van der Waals surface area contributed by atoms with Crippen molar-refractivity contribution in [2.75, 3.05) is 23.7 Å². The highest BCUT2D eigenvalue weighted by atomic mass is 35.5. The summed E-state index contributed by atoms with van der Waals surface area (Å²) in [7, 11) is 0. The monoisotopic (exact) mass is 312 g/mol. The first-order valence-corrected chi connectivity index (χ1v) is 8.67. The van der Waals surface area contributed by atoms with E-state index in [0.717, 1.165) is 30.1 Å². The molecule has 0 unspecified atom stereocenters. The SMILES string of the molecule is C=C(Cl)CSc1nnc(N2CCC(C)CC2)n1C1CC1. The van der Waals surface area contributed by atoms with E-state index in [4.69, 9.17) is 11.6 Å². The van der Waals surface area contributed by atoms with E-state index in [2.05, 4.69) is 33.2 Å². The van der Waals surface area contributed by atoms with Crippen molar-refractivity contribution in [3.63, 3.8) is 0 Å². The molecule has 0 atom stereocenters. The Kier molecular flexibility index (Phi) is 4.26. The molecule has 0 spiro atoms.